The number of carbonyl (C=O) groups is 3. The van der Waals surface area contributed by atoms with Gasteiger partial charge in [-0.2, -0.15) is 0 Å². The van der Waals surface area contributed by atoms with Crippen molar-refractivity contribution in [3.8, 4) is 11.5 Å². The largest absolute Gasteiger partial charge is 0.493 e. The molecular formula is C17H20N2O6. The first-order chi connectivity index (χ1) is 12.0. The van der Waals surface area contributed by atoms with Crippen LogP contribution in [0.4, 0.5) is 0 Å². The van der Waals surface area contributed by atoms with Crippen molar-refractivity contribution in [2.45, 2.75) is 6.92 Å². The Kier molecular flexibility index (Phi) is 8.28. The van der Waals surface area contributed by atoms with Crippen LogP contribution in [0.25, 0.3) is 6.08 Å². The summed E-state index contributed by atoms with van der Waals surface area (Å²) in [6.45, 7) is 4.64. The van der Waals surface area contributed by atoms with Crippen LogP contribution in [-0.2, 0) is 19.1 Å². The number of carbonyl (C=O) groups excluding carboxylic acids is 3. The Morgan fingerprint density at radius 2 is 1.96 bits per heavy atom. The second-order valence-electron chi connectivity index (χ2n) is 4.68. The van der Waals surface area contributed by atoms with Crippen LogP contribution in [0.3, 0.4) is 0 Å². The third kappa shape index (κ3) is 7.69. The van der Waals surface area contributed by atoms with Crippen LogP contribution in [0.15, 0.2) is 36.9 Å². The van der Waals surface area contributed by atoms with E-state index in [-0.39, 0.29) is 0 Å². The lowest BCUT2D eigenvalue weighted by Crippen LogP contribution is -2.42. The predicted octanol–water partition coefficient (Wildman–Crippen LogP) is 0.984. The summed E-state index contributed by atoms with van der Waals surface area (Å²) in [5.41, 5.74) is 4.83. The van der Waals surface area contributed by atoms with E-state index in [9.17, 15) is 14.4 Å². The van der Waals surface area contributed by atoms with Crippen molar-refractivity contribution in [1.82, 2.24) is 10.9 Å². The molecule has 8 heteroatoms. The van der Waals surface area contributed by atoms with Crippen molar-refractivity contribution in [1.29, 1.82) is 0 Å². The zero-order valence-electron chi connectivity index (χ0n) is 14.0. The minimum atomic E-state index is -0.705. The van der Waals surface area contributed by atoms with Crippen LogP contribution in [0.1, 0.15) is 12.5 Å². The SMILES string of the molecule is C=CCOc1ccc(/C=C/C(=O)OCC(=O)NNC(C)=O)cc1OC. The van der Waals surface area contributed by atoms with Gasteiger partial charge in [0.15, 0.2) is 18.1 Å². The molecule has 134 valence electrons. The molecule has 0 fully saturated rings. The summed E-state index contributed by atoms with van der Waals surface area (Å²) in [5.74, 6) is -0.732. The Morgan fingerprint density at radius 1 is 1.20 bits per heavy atom. The van der Waals surface area contributed by atoms with Gasteiger partial charge in [0.05, 0.1) is 7.11 Å². The molecule has 0 aromatic heterocycles. The summed E-state index contributed by atoms with van der Waals surface area (Å²) in [7, 11) is 1.51. The maximum atomic E-state index is 11.6. The van der Waals surface area contributed by atoms with E-state index in [4.69, 9.17) is 14.2 Å². The van der Waals surface area contributed by atoms with E-state index < -0.39 is 24.4 Å². The van der Waals surface area contributed by atoms with E-state index in [0.717, 1.165) is 0 Å². The molecule has 0 heterocycles. The van der Waals surface area contributed by atoms with Crippen LogP contribution in [-0.4, -0.2) is 38.1 Å². The normalized spacial score (nSPS) is 10.0. The second kappa shape index (κ2) is 10.5. The molecule has 0 saturated heterocycles. The zero-order chi connectivity index (χ0) is 18.7. The number of hydrogen-bond donors (Lipinski definition) is 2. The van der Waals surface area contributed by atoms with Crippen molar-refractivity contribution in [3.63, 3.8) is 0 Å². The van der Waals surface area contributed by atoms with Crippen molar-refractivity contribution >= 4 is 23.9 Å². The molecule has 0 spiro atoms. The fourth-order valence-corrected chi connectivity index (χ4v) is 1.60. The number of hydrazine groups is 1. The van der Waals surface area contributed by atoms with Gasteiger partial charge in [0, 0.05) is 13.0 Å². The van der Waals surface area contributed by atoms with Crippen molar-refractivity contribution in [3.05, 3.63) is 42.5 Å². The van der Waals surface area contributed by atoms with Crippen LogP contribution in [0.5, 0.6) is 11.5 Å². The van der Waals surface area contributed by atoms with Crippen LogP contribution < -0.4 is 20.3 Å². The molecule has 0 unspecified atom stereocenters. The number of hydrogen-bond acceptors (Lipinski definition) is 6. The maximum absolute atomic E-state index is 11.6. The number of methoxy groups -OCH3 is 1. The summed E-state index contributed by atoms with van der Waals surface area (Å²) in [4.78, 5) is 33.5. The highest BCUT2D eigenvalue weighted by Crippen LogP contribution is 2.28. The molecule has 0 aliphatic heterocycles. The van der Waals surface area contributed by atoms with Crippen LogP contribution >= 0.6 is 0 Å². The Hall–Kier alpha value is -3.29. The zero-order valence-corrected chi connectivity index (χ0v) is 14.0. The molecule has 0 aliphatic carbocycles. The van der Waals surface area contributed by atoms with Gasteiger partial charge in [0.1, 0.15) is 6.61 Å². The van der Waals surface area contributed by atoms with Gasteiger partial charge in [-0.1, -0.05) is 18.7 Å². The van der Waals surface area contributed by atoms with Crippen molar-refractivity contribution in [2.75, 3.05) is 20.3 Å². The van der Waals surface area contributed by atoms with Gasteiger partial charge < -0.3 is 14.2 Å². The topological polar surface area (TPSA) is 103 Å². The molecule has 0 radical (unpaired) electrons. The molecule has 0 bridgehead atoms. The average molecular weight is 348 g/mol. The Balaban J connectivity index is 2.56. The highest BCUT2D eigenvalue weighted by molar-refractivity contribution is 5.89. The molecule has 1 aromatic rings. The average Bonchev–Trinajstić information content (AvgIpc) is 2.61. The Morgan fingerprint density at radius 3 is 2.60 bits per heavy atom. The minimum Gasteiger partial charge on any atom is -0.493 e. The number of ether oxygens (including phenoxy) is 3. The van der Waals surface area contributed by atoms with E-state index in [1.54, 1.807) is 24.3 Å². The summed E-state index contributed by atoms with van der Waals surface area (Å²) >= 11 is 0. The molecule has 1 aromatic carbocycles. The molecule has 2 N–H and O–H groups in total. The number of amides is 2. The van der Waals surface area contributed by atoms with Crippen molar-refractivity contribution in [2.24, 2.45) is 0 Å². The first-order valence-electron chi connectivity index (χ1n) is 7.28. The fourth-order valence-electron chi connectivity index (χ4n) is 1.60. The van der Waals surface area contributed by atoms with E-state index >= 15 is 0 Å². The number of rotatable bonds is 8. The van der Waals surface area contributed by atoms with Crippen LogP contribution in [0, 0.1) is 0 Å². The summed E-state index contributed by atoms with van der Waals surface area (Å²) in [5, 5.41) is 0. The molecule has 8 nitrogen and oxygen atoms in total. The molecule has 1 rings (SSSR count). The lowest BCUT2D eigenvalue weighted by Gasteiger charge is -2.09. The molecule has 0 aliphatic rings. The number of nitrogens with one attached hydrogen (secondary N) is 2. The molecular weight excluding hydrogens is 328 g/mol. The predicted molar refractivity (Wildman–Crippen MR) is 90.6 cm³/mol. The van der Waals surface area contributed by atoms with Gasteiger partial charge in [0.2, 0.25) is 5.91 Å². The lowest BCUT2D eigenvalue weighted by atomic mass is 10.2. The van der Waals surface area contributed by atoms with E-state index in [0.29, 0.717) is 23.7 Å². The molecule has 25 heavy (non-hydrogen) atoms. The van der Waals surface area contributed by atoms with Crippen molar-refractivity contribution < 1.29 is 28.6 Å². The van der Waals surface area contributed by atoms with Gasteiger partial charge in [-0.3, -0.25) is 20.4 Å². The first-order valence-corrected chi connectivity index (χ1v) is 7.28. The number of benzene rings is 1. The highest BCUT2D eigenvalue weighted by Gasteiger charge is 2.06. The van der Waals surface area contributed by atoms with Crippen LogP contribution in [0.2, 0.25) is 0 Å². The fraction of sp³-hybridized carbons (Fsp3) is 0.235. The maximum Gasteiger partial charge on any atom is 0.331 e. The van der Waals surface area contributed by atoms with E-state index in [1.807, 2.05) is 0 Å². The Bertz CT molecular complexity index is 669. The standard InChI is InChI=1S/C17H20N2O6/c1-4-9-24-14-7-5-13(10-15(14)23-3)6-8-17(22)25-11-16(21)19-18-12(2)20/h4-8,10H,1,9,11H2,2-3H3,(H,18,20)(H,19,21)/b8-6+. The minimum absolute atomic E-state index is 0.346. The lowest BCUT2D eigenvalue weighted by molar-refractivity contribution is -0.144. The third-order valence-electron chi connectivity index (χ3n) is 2.68. The molecule has 0 atom stereocenters. The van der Waals surface area contributed by atoms with E-state index in [2.05, 4.69) is 17.4 Å². The number of esters is 1. The third-order valence-corrected chi connectivity index (χ3v) is 2.68. The Labute approximate surface area is 145 Å². The quantitative estimate of drug-likeness (QED) is 0.314. The van der Waals surface area contributed by atoms with Gasteiger partial charge in [-0.05, 0) is 23.8 Å². The highest BCUT2D eigenvalue weighted by atomic mass is 16.5. The van der Waals surface area contributed by atoms with Gasteiger partial charge >= 0.3 is 5.97 Å². The smallest absolute Gasteiger partial charge is 0.331 e. The summed E-state index contributed by atoms with van der Waals surface area (Å²) in [6, 6.07) is 5.12. The van der Waals surface area contributed by atoms with Gasteiger partial charge in [-0.15, -0.1) is 0 Å². The summed E-state index contributed by atoms with van der Waals surface area (Å²) in [6.07, 6.45) is 4.30. The first kappa shape index (κ1) is 19.8. The second-order valence-corrected chi connectivity index (χ2v) is 4.68. The van der Waals surface area contributed by atoms with Gasteiger partial charge in [0.25, 0.3) is 5.91 Å². The van der Waals surface area contributed by atoms with E-state index in [1.165, 1.54) is 26.2 Å². The molecule has 0 saturated carbocycles. The van der Waals surface area contributed by atoms with Gasteiger partial charge in [-0.25, -0.2) is 4.79 Å². The summed E-state index contributed by atoms with van der Waals surface area (Å²) < 4.78 is 15.4. The monoisotopic (exact) mass is 348 g/mol. The molecule has 2 amide bonds.